The first-order valence-corrected chi connectivity index (χ1v) is 8.11. The third-order valence-electron chi connectivity index (χ3n) is 4.68. The van der Waals surface area contributed by atoms with Crippen molar-refractivity contribution in [1.29, 1.82) is 0 Å². The average Bonchev–Trinajstić information content (AvgIpc) is 2.47. The van der Waals surface area contributed by atoms with Crippen LogP contribution in [0.3, 0.4) is 0 Å². The van der Waals surface area contributed by atoms with E-state index in [0.717, 1.165) is 24.4 Å². The normalized spacial score (nSPS) is 24.9. The SMILES string of the molecule is CCC1CCNC(CC(O)c2ccc(C(C)C)cc2)C1. The molecule has 0 spiro atoms. The Balaban J connectivity index is 1.92. The molecule has 2 N–H and O–H groups in total. The van der Waals surface area contributed by atoms with Gasteiger partial charge in [0.2, 0.25) is 0 Å². The summed E-state index contributed by atoms with van der Waals surface area (Å²) in [6, 6.07) is 8.92. The zero-order valence-corrected chi connectivity index (χ0v) is 13.1. The zero-order chi connectivity index (χ0) is 14.5. The van der Waals surface area contributed by atoms with E-state index in [2.05, 4.69) is 50.4 Å². The summed E-state index contributed by atoms with van der Waals surface area (Å²) in [5.74, 6) is 1.38. The van der Waals surface area contributed by atoms with Crippen molar-refractivity contribution < 1.29 is 5.11 Å². The predicted molar refractivity (Wildman–Crippen MR) is 84.9 cm³/mol. The van der Waals surface area contributed by atoms with Crippen LogP contribution in [0.5, 0.6) is 0 Å². The molecule has 2 rings (SSSR count). The van der Waals surface area contributed by atoms with Crippen molar-refractivity contribution in [3.63, 3.8) is 0 Å². The lowest BCUT2D eigenvalue weighted by Gasteiger charge is -2.31. The molecule has 0 aliphatic carbocycles. The van der Waals surface area contributed by atoms with E-state index in [1.165, 1.54) is 24.8 Å². The fourth-order valence-corrected chi connectivity index (χ4v) is 3.15. The van der Waals surface area contributed by atoms with Crippen LogP contribution in [0.4, 0.5) is 0 Å². The lowest BCUT2D eigenvalue weighted by Crippen LogP contribution is -2.38. The van der Waals surface area contributed by atoms with Crippen LogP contribution in [-0.2, 0) is 0 Å². The monoisotopic (exact) mass is 275 g/mol. The van der Waals surface area contributed by atoms with Crippen LogP contribution in [0.2, 0.25) is 0 Å². The Bertz CT molecular complexity index is 398. The summed E-state index contributed by atoms with van der Waals surface area (Å²) in [6.45, 7) is 7.76. The summed E-state index contributed by atoms with van der Waals surface area (Å²) in [6.07, 6.45) is 4.24. The molecule has 0 amide bonds. The van der Waals surface area contributed by atoms with Crippen LogP contribution in [0, 0.1) is 5.92 Å². The van der Waals surface area contributed by atoms with Crippen LogP contribution in [-0.4, -0.2) is 17.7 Å². The van der Waals surface area contributed by atoms with Gasteiger partial charge in [0, 0.05) is 6.04 Å². The highest BCUT2D eigenvalue weighted by molar-refractivity contribution is 5.26. The van der Waals surface area contributed by atoms with Crippen molar-refractivity contribution in [3.05, 3.63) is 35.4 Å². The molecule has 1 aliphatic heterocycles. The third kappa shape index (κ3) is 4.07. The molecule has 112 valence electrons. The second-order valence-corrected chi connectivity index (χ2v) is 6.52. The van der Waals surface area contributed by atoms with Crippen LogP contribution in [0.25, 0.3) is 0 Å². The van der Waals surface area contributed by atoms with Crippen LogP contribution >= 0.6 is 0 Å². The van der Waals surface area contributed by atoms with E-state index >= 15 is 0 Å². The second-order valence-electron chi connectivity index (χ2n) is 6.52. The highest BCUT2D eigenvalue weighted by atomic mass is 16.3. The minimum absolute atomic E-state index is 0.343. The zero-order valence-electron chi connectivity index (χ0n) is 13.1. The van der Waals surface area contributed by atoms with Gasteiger partial charge in [-0.25, -0.2) is 0 Å². The van der Waals surface area contributed by atoms with Crippen LogP contribution < -0.4 is 5.32 Å². The fraction of sp³-hybridized carbons (Fsp3) is 0.667. The van der Waals surface area contributed by atoms with Gasteiger partial charge < -0.3 is 10.4 Å². The smallest absolute Gasteiger partial charge is 0.0804 e. The molecule has 3 unspecified atom stereocenters. The quantitative estimate of drug-likeness (QED) is 0.851. The fourth-order valence-electron chi connectivity index (χ4n) is 3.15. The van der Waals surface area contributed by atoms with Crippen molar-refractivity contribution in [2.75, 3.05) is 6.54 Å². The number of aliphatic hydroxyl groups excluding tert-OH is 1. The van der Waals surface area contributed by atoms with Gasteiger partial charge >= 0.3 is 0 Å². The minimum Gasteiger partial charge on any atom is -0.388 e. The maximum atomic E-state index is 10.4. The number of aliphatic hydroxyl groups is 1. The molecular formula is C18H29NO. The number of hydrogen-bond donors (Lipinski definition) is 2. The summed E-state index contributed by atoms with van der Waals surface area (Å²) in [7, 11) is 0. The molecular weight excluding hydrogens is 246 g/mol. The number of piperidine rings is 1. The first-order valence-electron chi connectivity index (χ1n) is 8.11. The Kier molecular flexibility index (Phi) is 5.62. The van der Waals surface area contributed by atoms with Crippen molar-refractivity contribution in [1.82, 2.24) is 5.32 Å². The maximum absolute atomic E-state index is 10.4. The van der Waals surface area contributed by atoms with E-state index in [9.17, 15) is 5.11 Å². The van der Waals surface area contributed by atoms with Crippen LogP contribution in [0.1, 0.15) is 69.6 Å². The van der Waals surface area contributed by atoms with E-state index in [1.807, 2.05) is 0 Å². The standard InChI is InChI=1S/C18H29NO/c1-4-14-9-10-19-17(11-14)12-18(20)16-7-5-15(6-8-16)13(2)3/h5-8,13-14,17-20H,4,9-12H2,1-3H3. The second kappa shape index (κ2) is 7.24. The third-order valence-corrected chi connectivity index (χ3v) is 4.68. The lowest BCUT2D eigenvalue weighted by molar-refractivity contribution is 0.136. The number of nitrogens with one attached hydrogen (secondary N) is 1. The van der Waals surface area contributed by atoms with E-state index in [-0.39, 0.29) is 6.10 Å². The average molecular weight is 275 g/mol. The summed E-state index contributed by atoms with van der Waals surface area (Å²) >= 11 is 0. The molecule has 0 saturated carbocycles. The van der Waals surface area contributed by atoms with Crippen molar-refractivity contribution in [2.45, 2.75) is 64.5 Å². The van der Waals surface area contributed by atoms with Gasteiger partial charge in [-0.15, -0.1) is 0 Å². The van der Waals surface area contributed by atoms with E-state index in [0.29, 0.717) is 12.0 Å². The van der Waals surface area contributed by atoms with E-state index in [1.54, 1.807) is 0 Å². The molecule has 0 aromatic heterocycles. The van der Waals surface area contributed by atoms with E-state index in [4.69, 9.17) is 0 Å². The van der Waals surface area contributed by atoms with Gasteiger partial charge in [0.25, 0.3) is 0 Å². The molecule has 1 fully saturated rings. The molecule has 20 heavy (non-hydrogen) atoms. The number of rotatable bonds is 5. The van der Waals surface area contributed by atoms with Gasteiger partial charge in [-0.3, -0.25) is 0 Å². The topological polar surface area (TPSA) is 32.3 Å². The Morgan fingerprint density at radius 3 is 2.45 bits per heavy atom. The number of benzene rings is 1. The molecule has 0 bridgehead atoms. The molecule has 3 atom stereocenters. The predicted octanol–water partition coefficient (Wildman–Crippen LogP) is 4.01. The van der Waals surface area contributed by atoms with Gasteiger partial charge in [0.15, 0.2) is 0 Å². The van der Waals surface area contributed by atoms with Crippen LogP contribution in [0.15, 0.2) is 24.3 Å². The Hall–Kier alpha value is -0.860. The molecule has 0 radical (unpaired) electrons. The van der Waals surface area contributed by atoms with Gasteiger partial charge in [0.05, 0.1) is 6.10 Å². The van der Waals surface area contributed by atoms with Gasteiger partial charge in [-0.2, -0.15) is 0 Å². The number of hydrogen-bond acceptors (Lipinski definition) is 2. The van der Waals surface area contributed by atoms with E-state index < -0.39 is 0 Å². The lowest BCUT2D eigenvalue weighted by atomic mass is 9.87. The van der Waals surface area contributed by atoms with Gasteiger partial charge in [0.1, 0.15) is 0 Å². The first kappa shape index (κ1) is 15.5. The summed E-state index contributed by atoms with van der Waals surface area (Å²) < 4.78 is 0. The highest BCUT2D eigenvalue weighted by Gasteiger charge is 2.23. The van der Waals surface area contributed by atoms with Crippen molar-refractivity contribution in [2.24, 2.45) is 5.92 Å². The summed E-state index contributed by atoms with van der Waals surface area (Å²) in [4.78, 5) is 0. The minimum atomic E-state index is -0.343. The maximum Gasteiger partial charge on any atom is 0.0804 e. The van der Waals surface area contributed by atoms with Crippen molar-refractivity contribution >= 4 is 0 Å². The molecule has 2 heteroatoms. The molecule has 1 aliphatic rings. The molecule has 1 heterocycles. The Morgan fingerprint density at radius 1 is 1.20 bits per heavy atom. The largest absolute Gasteiger partial charge is 0.388 e. The summed E-state index contributed by atoms with van der Waals surface area (Å²) in [5, 5.41) is 14.0. The van der Waals surface area contributed by atoms with Gasteiger partial charge in [-0.05, 0) is 48.8 Å². The summed E-state index contributed by atoms with van der Waals surface area (Å²) in [5.41, 5.74) is 2.39. The molecule has 1 saturated heterocycles. The Labute approximate surface area is 123 Å². The molecule has 1 aromatic carbocycles. The molecule has 2 nitrogen and oxygen atoms in total. The highest BCUT2D eigenvalue weighted by Crippen LogP contribution is 2.27. The Morgan fingerprint density at radius 2 is 1.85 bits per heavy atom. The van der Waals surface area contributed by atoms with Crippen molar-refractivity contribution in [3.8, 4) is 0 Å². The molecule has 1 aromatic rings. The first-order chi connectivity index (χ1) is 9.60. The van der Waals surface area contributed by atoms with Gasteiger partial charge in [-0.1, -0.05) is 51.5 Å².